The lowest BCUT2D eigenvalue weighted by Crippen LogP contribution is -2.15. The van der Waals surface area contributed by atoms with Gasteiger partial charge in [0.25, 0.3) is 0 Å². The van der Waals surface area contributed by atoms with Crippen LogP contribution in [-0.2, 0) is 11.2 Å². The number of carbonyl (C=O) groups is 1. The van der Waals surface area contributed by atoms with E-state index in [9.17, 15) is 4.79 Å². The number of nitrogens with zero attached hydrogens (tertiary/aromatic N) is 2. The Labute approximate surface area is 143 Å². The van der Waals surface area contributed by atoms with Crippen molar-refractivity contribution >= 4 is 28.7 Å². The second-order valence-corrected chi connectivity index (χ2v) is 6.44. The molecule has 0 bridgehead atoms. The van der Waals surface area contributed by atoms with Crippen LogP contribution in [0.25, 0.3) is 16.9 Å². The summed E-state index contributed by atoms with van der Waals surface area (Å²) in [6.07, 6.45) is 2.28. The van der Waals surface area contributed by atoms with Crippen LogP contribution in [-0.4, -0.2) is 15.3 Å². The molecule has 4 nitrogen and oxygen atoms in total. The third-order valence-electron chi connectivity index (χ3n) is 3.75. The first-order valence-corrected chi connectivity index (χ1v) is 8.54. The van der Waals surface area contributed by atoms with Crippen LogP contribution in [0.3, 0.4) is 0 Å². The lowest BCUT2D eigenvalue weighted by Gasteiger charge is -2.07. The van der Waals surface area contributed by atoms with Crippen molar-refractivity contribution in [1.29, 1.82) is 0 Å². The number of benzene rings is 1. The van der Waals surface area contributed by atoms with Gasteiger partial charge in [0.1, 0.15) is 17.2 Å². The third kappa shape index (κ3) is 2.81. The van der Waals surface area contributed by atoms with Crippen LogP contribution in [0.15, 0.2) is 72.2 Å². The number of anilines is 1. The second kappa shape index (κ2) is 6.29. The quantitative estimate of drug-likeness (QED) is 0.607. The summed E-state index contributed by atoms with van der Waals surface area (Å²) >= 11 is 1.58. The molecule has 0 spiro atoms. The number of carbonyl (C=O) groups excluding carboxylic acids is 1. The van der Waals surface area contributed by atoms with E-state index in [-0.39, 0.29) is 5.91 Å². The highest BCUT2D eigenvalue weighted by molar-refractivity contribution is 7.10. The molecule has 5 heteroatoms. The number of amides is 1. The molecule has 0 aliphatic heterocycles. The third-order valence-corrected chi connectivity index (χ3v) is 4.63. The first-order valence-electron chi connectivity index (χ1n) is 7.66. The highest BCUT2D eigenvalue weighted by atomic mass is 32.1. The molecule has 1 N–H and O–H groups in total. The van der Waals surface area contributed by atoms with Crippen molar-refractivity contribution in [3.05, 3.63) is 77.1 Å². The molecule has 0 aliphatic rings. The van der Waals surface area contributed by atoms with Crippen LogP contribution in [0, 0.1) is 0 Å². The largest absolute Gasteiger partial charge is 0.310 e. The minimum atomic E-state index is -0.0414. The summed E-state index contributed by atoms with van der Waals surface area (Å²) in [6.45, 7) is 0. The molecule has 0 saturated carbocycles. The van der Waals surface area contributed by atoms with E-state index >= 15 is 0 Å². The molecule has 3 heterocycles. The van der Waals surface area contributed by atoms with Gasteiger partial charge >= 0.3 is 0 Å². The minimum absolute atomic E-state index is 0.0414. The maximum atomic E-state index is 12.5. The zero-order valence-electron chi connectivity index (χ0n) is 12.8. The Morgan fingerprint density at radius 1 is 1.04 bits per heavy atom. The molecule has 0 aliphatic carbocycles. The fraction of sp³-hybridized carbons (Fsp3) is 0.0526. The lowest BCUT2D eigenvalue weighted by molar-refractivity contribution is -0.115. The summed E-state index contributed by atoms with van der Waals surface area (Å²) in [6, 6.07) is 19.6. The molecule has 4 aromatic rings. The monoisotopic (exact) mass is 333 g/mol. The molecular weight excluding hydrogens is 318 g/mol. The number of nitrogens with one attached hydrogen (secondary N) is 1. The van der Waals surface area contributed by atoms with E-state index in [0.29, 0.717) is 12.2 Å². The van der Waals surface area contributed by atoms with Crippen molar-refractivity contribution in [2.75, 3.05) is 5.32 Å². The summed E-state index contributed by atoms with van der Waals surface area (Å²) in [5.74, 6) is 0.665. The van der Waals surface area contributed by atoms with Crippen LogP contribution < -0.4 is 5.32 Å². The standard InChI is InChI=1S/C19H15N3OS/c23-17(13-15-9-6-12-24-15)21-19-18(14-7-2-1-3-8-14)20-16-10-4-5-11-22(16)19/h1-12H,13H2,(H,21,23). The van der Waals surface area contributed by atoms with Crippen molar-refractivity contribution in [2.45, 2.75) is 6.42 Å². The fourth-order valence-electron chi connectivity index (χ4n) is 2.66. The van der Waals surface area contributed by atoms with E-state index in [0.717, 1.165) is 21.8 Å². The van der Waals surface area contributed by atoms with Gasteiger partial charge in [0.05, 0.1) is 6.42 Å². The Hall–Kier alpha value is -2.92. The first kappa shape index (κ1) is 14.7. The molecule has 1 amide bonds. The van der Waals surface area contributed by atoms with Crippen molar-refractivity contribution in [3.63, 3.8) is 0 Å². The maximum absolute atomic E-state index is 12.5. The number of imidazole rings is 1. The predicted molar refractivity (Wildman–Crippen MR) is 97.3 cm³/mol. The van der Waals surface area contributed by atoms with Gasteiger partial charge < -0.3 is 5.32 Å². The average Bonchev–Trinajstić information content (AvgIpc) is 3.24. The number of aromatic nitrogens is 2. The normalized spacial score (nSPS) is 10.8. The minimum Gasteiger partial charge on any atom is -0.310 e. The van der Waals surface area contributed by atoms with Crippen LogP contribution >= 0.6 is 11.3 Å². The van der Waals surface area contributed by atoms with Gasteiger partial charge in [-0.25, -0.2) is 4.98 Å². The van der Waals surface area contributed by atoms with Crippen molar-refractivity contribution in [2.24, 2.45) is 0 Å². The molecule has 0 unspecified atom stereocenters. The van der Waals surface area contributed by atoms with E-state index in [1.807, 2.05) is 76.6 Å². The Bertz CT molecular complexity index is 974. The zero-order chi connectivity index (χ0) is 16.4. The van der Waals surface area contributed by atoms with Gasteiger partial charge in [0, 0.05) is 16.6 Å². The Morgan fingerprint density at radius 3 is 2.67 bits per heavy atom. The van der Waals surface area contributed by atoms with Gasteiger partial charge in [-0.1, -0.05) is 42.5 Å². The molecule has 1 aromatic carbocycles. The molecule has 0 atom stereocenters. The van der Waals surface area contributed by atoms with E-state index in [1.165, 1.54) is 0 Å². The van der Waals surface area contributed by atoms with Crippen molar-refractivity contribution < 1.29 is 4.79 Å². The van der Waals surface area contributed by atoms with Gasteiger partial charge in [-0.2, -0.15) is 0 Å². The van der Waals surface area contributed by atoms with Crippen LogP contribution in [0.5, 0.6) is 0 Å². The second-order valence-electron chi connectivity index (χ2n) is 5.41. The average molecular weight is 333 g/mol. The molecule has 118 valence electrons. The highest BCUT2D eigenvalue weighted by Gasteiger charge is 2.16. The van der Waals surface area contributed by atoms with Gasteiger partial charge in [0.15, 0.2) is 0 Å². The number of pyridine rings is 1. The Morgan fingerprint density at radius 2 is 1.88 bits per heavy atom. The topological polar surface area (TPSA) is 46.4 Å². The fourth-order valence-corrected chi connectivity index (χ4v) is 3.36. The lowest BCUT2D eigenvalue weighted by atomic mass is 10.1. The molecular formula is C19H15N3OS. The summed E-state index contributed by atoms with van der Waals surface area (Å²) in [4.78, 5) is 18.2. The predicted octanol–water partition coefficient (Wildman–Crippen LogP) is 4.24. The van der Waals surface area contributed by atoms with E-state index in [4.69, 9.17) is 0 Å². The van der Waals surface area contributed by atoms with Crippen LogP contribution in [0.4, 0.5) is 5.82 Å². The number of hydrogen-bond donors (Lipinski definition) is 1. The van der Waals surface area contributed by atoms with Gasteiger partial charge in [-0.15, -0.1) is 11.3 Å². The van der Waals surface area contributed by atoms with Crippen LogP contribution in [0.2, 0.25) is 0 Å². The summed E-state index contributed by atoms with van der Waals surface area (Å²) < 4.78 is 1.91. The van der Waals surface area contributed by atoms with Gasteiger partial charge in [0.2, 0.25) is 5.91 Å². The Balaban J connectivity index is 1.74. The molecule has 4 rings (SSSR count). The highest BCUT2D eigenvalue weighted by Crippen LogP contribution is 2.28. The van der Waals surface area contributed by atoms with Crippen LogP contribution in [0.1, 0.15) is 4.88 Å². The van der Waals surface area contributed by atoms with E-state index in [1.54, 1.807) is 11.3 Å². The molecule has 0 radical (unpaired) electrons. The van der Waals surface area contributed by atoms with Crippen molar-refractivity contribution in [1.82, 2.24) is 9.38 Å². The first-order chi connectivity index (χ1) is 11.8. The summed E-state index contributed by atoms with van der Waals surface area (Å²) in [7, 11) is 0. The zero-order valence-corrected chi connectivity index (χ0v) is 13.7. The number of thiophene rings is 1. The Kier molecular flexibility index (Phi) is 3.84. The van der Waals surface area contributed by atoms with Crippen molar-refractivity contribution in [3.8, 4) is 11.3 Å². The molecule has 0 fully saturated rings. The van der Waals surface area contributed by atoms with Gasteiger partial charge in [-0.05, 0) is 23.6 Å². The number of rotatable bonds is 4. The number of hydrogen-bond acceptors (Lipinski definition) is 3. The maximum Gasteiger partial charge on any atom is 0.230 e. The molecule has 0 saturated heterocycles. The SMILES string of the molecule is O=C(Cc1cccs1)Nc1c(-c2ccccc2)nc2ccccn12. The number of fused-ring (bicyclic) bond motifs is 1. The molecule has 3 aromatic heterocycles. The van der Waals surface area contributed by atoms with E-state index < -0.39 is 0 Å². The summed E-state index contributed by atoms with van der Waals surface area (Å²) in [5, 5.41) is 5.02. The van der Waals surface area contributed by atoms with Gasteiger partial charge in [-0.3, -0.25) is 9.20 Å². The smallest absolute Gasteiger partial charge is 0.230 e. The molecule has 24 heavy (non-hydrogen) atoms. The summed E-state index contributed by atoms with van der Waals surface area (Å²) in [5.41, 5.74) is 2.57. The van der Waals surface area contributed by atoms with E-state index in [2.05, 4.69) is 10.3 Å².